The fourth-order valence-corrected chi connectivity index (χ4v) is 7.35. The number of hydrogen-bond donors (Lipinski definition) is 2. The molecule has 1 saturated heterocycles. The number of aromatic nitrogens is 1. The molecule has 3 atom stereocenters. The lowest BCUT2D eigenvalue weighted by molar-refractivity contribution is -0.149. The van der Waals surface area contributed by atoms with Crippen LogP contribution in [-0.2, 0) is 33.8 Å². The summed E-state index contributed by atoms with van der Waals surface area (Å²) in [4.78, 5) is 47.4. The summed E-state index contributed by atoms with van der Waals surface area (Å²) < 4.78 is 5.85. The number of hydrogen-bond acceptors (Lipinski definition) is 7. The second kappa shape index (κ2) is 11.6. The molecule has 0 unspecified atom stereocenters. The van der Waals surface area contributed by atoms with E-state index in [9.17, 15) is 19.5 Å². The molecule has 6 rings (SSSR count). The van der Waals surface area contributed by atoms with Crippen LogP contribution in [0.2, 0.25) is 0 Å². The number of aliphatic carboxylic acids is 1. The summed E-state index contributed by atoms with van der Waals surface area (Å²) in [6.07, 6.45) is 11.0. The molecule has 4 heterocycles. The maximum Gasteiger partial charge on any atom is 0.410 e. The highest BCUT2D eigenvalue weighted by molar-refractivity contribution is 7.13. The molecule has 0 spiro atoms. The van der Waals surface area contributed by atoms with E-state index in [2.05, 4.69) is 23.5 Å². The fourth-order valence-electron chi connectivity index (χ4n) is 6.57. The van der Waals surface area contributed by atoms with Gasteiger partial charge in [-0.1, -0.05) is 49.6 Å². The number of anilines is 1. The van der Waals surface area contributed by atoms with E-state index in [1.54, 1.807) is 4.90 Å². The lowest BCUT2D eigenvalue weighted by Gasteiger charge is -2.34. The van der Waals surface area contributed by atoms with Gasteiger partial charge in [-0.2, -0.15) is 0 Å². The number of ether oxygens (including phenoxy) is 1. The van der Waals surface area contributed by atoms with Crippen molar-refractivity contribution in [1.29, 1.82) is 0 Å². The highest BCUT2D eigenvalue weighted by Crippen LogP contribution is 2.33. The van der Waals surface area contributed by atoms with Crippen LogP contribution in [0, 0.1) is 5.92 Å². The Kier molecular flexibility index (Phi) is 7.78. The van der Waals surface area contributed by atoms with Gasteiger partial charge in [-0.05, 0) is 54.7 Å². The summed E-state index contributed by atoms with van der Waals surface area (Å²) >= 11 is 1.49. The fraction of sp³-hybridized carbons (Fsp3) is 0.533. The predicted molar refractivity (Wildman–Crippen MR) is 152 cm³/mol. The number of allylic oxidation sites excluding steroid dienone is 1. The Bertz CT molecular complexity index is 1300. The number of rotatable bonds is 2. The Morgan fingerprint density at radius 3 is 2.80 bits per heavy atom. The molecule has 10 heteroatoms. The van der Waals surface area contributed by atoms with Gasteiger partial charge in [0, 0.05) is 18.3 Å². The van der Waals surface area contributed by atoms with Crippen molar-refractivity contribution in [2.75, 3.05) is 11.9 Å². The molecular formula is C30H36N4O5S. The van der Waals surface area contributed by atoms with Crippen LogP contribution in [0.4, 0.5) is 9.93 Å². The van der Waals surface area contributed by atoms with Gasteiger partial charge in [0.25, 0.3) is 0 Å². The molecule has 1 aromatic carbocycles. The van der Waals surface area contributed by atoms with Crippen LogP contribution in [0.15, 0.2) is 29.7 Å². The smallest absolute Gasteiger partial charge is 0.410 e. The number of carbonyl (C=O) groups is 3. The summed E-state index contributed by atoms with van der Waals surface area (Å²) in [6, 6.07) is 4.51. The molecule has 2 amide bonds. The van der Waals surface area contributed by atoms with Gasteiger partial charge >= 0.3 is 12.1 Å². The Hall–Kier alpha value is -3.40. The average Bonchev–Trinajstić information content (AvgIpc) is 3.70. The molecule has 2 N–H and O–H groups in total. The van der Waals surface area contributed by atoms with Crippen molar-refractivity contribution in [3.8, 4) is 0 Å². The quantitative estimate of drug-likeness (QED) is 0.524. The van der Waals surface area contributed by atoms with Gasteiger partial charge < -0.3 is 20.1 Å². The van der Waals surface area contributed by atoms with E-state index < -0.39 is 30.3 Å². The van der Waals surface area contributed by atoms with Gasteiger partial charge in [0.2, 0.25) is 5.91 Å². The first-order valence-corrected chi connectivity index (χ1v) is 15.3. The van der Waals surface area contributed by atoms with E-state index in [1.165, 1.54) is 16.2 Å². The molecular weight excluding hydrogens is 528 g/mol. The van der Waals surface area contributed by atoms with Crippen molar-refractivity contribution in [1.82, 2.24) is 14.8 Å². The highest BCUT2D eigenvalue weighted by Gasteiger charge is 2.45. The van der Waals surface area contributed by atoms with Crippen LogP contribution in [0.25, 0.3) is 6.08 Å². The average molecular weight is 565 g/mol. The van der Waals surface area contributed by atoms with Crippen molar-refractivity contribution in [3.63, 3.8) is 0 Å². The molecule has 212 valence electrons. The van der Waals surface area contributed by atoms with E-state index in [0.29, 0.717) is 18.2 Å². The van der Waals surface area contributed by atoms with Crippen LogP contribution >= 0.6 is 11.3 Å². The minimum atomic E-state index is -1.07. The Morgan fingerprint density at radius 1 is 1.12 bits per heavy atom. The second-order valence-electron chi connectivity index (χ2n) is 11.4. The van der Waals surface area contributed by atoms with Gasteiger partial charge in [0.1, 0.15) is 18.2 Å². The minimum absolute atomic E-state index is 0.0737. The Balaban J connectivity index is 1.30. The molecule has 1 saturated carbocycles. The minimum Gasteiger partial charge on any atom is -0.480 e. The third-order valence-corrected chi connectivity index (χ3v) is 9.52. The largest absolute Gasteiger partial charge is 0.480 e. The van der Waals surface area contributed by atoms with Crippen LogP contribution < -0.4 is 5.32 Å². The SMILES string of the molecule is O=C(O)[C@@H]1C[C@@H]2CN1C(=O)[C@H](C1CCCCC1)Nc1nc(cs1)CCC/C=C/c1cccc3c1CN(C3)C(=O)O2. The monoisotopic (exact) mass is 564 g/mol. The van der Waals surface area contributed by atoms with Crippen molar-refractivity contribution in [2.24, 2.45) is 5.92 Å². The van der Waals surface area contributed by atoms with Crippen molar-refractivity contribution >= 4 is 40.5 Å². The van der Waals surface area contributed by atoms with Crippen molar-refractivity contribution < 1.29 is 24.2 Å². The number of carboxylic acid groups (broad SMARTS) is 1. The standard InChI is InChI=1S/C30H36N4O5S/c35-27-26(20-9-4-1-5-10-20)32-29-31-22(18-40-29)13-6-2-3-8-19-11-7-12-21-15-33(17-24(19)21)30(38)39-23-14-25(28(36)37)34(27)16-23/h3,7-8,11-12,18,20,23,25-26H,1-2,4-6,9-10,13-17H2,(H,31,32)(H,36,37)/b8-3+/t23-,25+,26+/m1/s1. The van der Waals surface area contributed by atoms with Gasteiger partial charge in [0.15, 0.2) is 5.13 Å². The molecule has 1 aromatic heterocycles. The molecule has 3 aliphatic heterocycles. The van der Waals surface area contributed by atoms with Crippen molar-refractivity contribution in [2.45, 2.75) is 89.1 Å². The molecule has 9 nitrogen and oxygen atoms in total. The number of fused-ring (bicyclic) bond motifs is 5. The molecule has 6 bridgehead atoms. The number of carbonyl (C=O) groups excluding carboxylic acids is 2. The number of amides is 2. The summed E-state index contributed by atoms with van der Waals surface area (Å²) in [6.45, 7) is 0.971. The summed E-state index contributed by atoms with van der Waals surface area (Å²) in [7, 11) is 0. The molecule has 40 heavy (non-hydrogen) atoms. The number of benzene rings is 1. The molecule has 4 aliphatic rings. The maximum absolute atomic E-state index is 14.0. The zero-order chi connectivity index (χ0) is 27.6. The Morgan fingerprint density at radius 2 is 1.98 bits per heavy atom. The summed E-state index contributed by atoms with van der Waals surface area (Å²) in [5.41, 5.74) is 4.30. The van der Waals surface area contributed by atoms with Gasteiger partial charge in [-0.25, -0.2) is 14.6 Å². The van der Waals surface area contributed by atoms with E-state index in [-0.39, 0.29) is 24.8 Å². The summed E-state index contributed by atoms with van der Waals surface area (Å²) in [5, 5.41) is 16.2. The van der Waals surface area contributed by atoms with Crippen molar-refractivity contribution in [3.05, 3.63) is 52.0 Å². The molecule has 1 aliphatic carbocycles. The number of aryl methyl sites for hydroxylation is 1. The number of nitrogens with one attached hydrogen (secondary N) is 1. The lowest BCUT2D eigenvalue weighted by atomic mass is 9.83. The van der Waals surface area contributed by atoms with E-state index in [4.69, 9.17) is 9.72 Å². The lowest BCUT2D eigenvalue weighted by Crippen LogP contribution is -2.51. The van der Waals surface area contributed by atoms with Crippen LogP contribution in [0.1, 0.15) is 73.8 Å². The first-order chi connectivity index (χ1) is 19.5. The molecule has 2 aromatic rings. The van der Waals surface area contributed by atoms with E-state index in [1.807, 2.05) is 17.5 Å². The van der Waals surface area contributed by atoms with Crippen LogP contribution in [-0.4, -0.2) is 62.6 Å². The third-order valence-electron chi connectivity index (χ3n) is 8.70. The topological polar surface area (TPSA) is 112 Å². The predicted octanol–water partition coefficient (Wildman–Crippen LogP) is 5.06. The van der Waals surface area contributed by atoms with Gasteiger partial charge in [0.05, 0.1) is 18.8 Å². The molecule has 2 fully saturated rings. The third kappa shape index (κ3) is 5.59. The van der Waals surface area contributed by atoms with E-state index >= 15 is 0 Å². The highest BCUT2D eigenvalue weighted by atomic mass is 32.1. The second-order valence-corrected chi connectivity index (χ2v) is 12.2. The van der Waals surface area contributed by atoms with Gasteiger partial charge in [-0.15, -0.1) is 11.3 Å². The molecule has 0 radical (unpaired) electrons. The first-order valence-electron chi connectivity index (χ1n) is 14.4. The van der Waals surface area contributed by atoms with E-state index in [0.717, 1.165) is 73.8 Å². The van der Waals surface area contributed by atoms with Crippen LogP contribution in [0.3, 0.4) is 0 Å². The normalized spacial score (nSPS) is 26.8. The number of carboxylic acids is 1. The Labute approximate surface area is 238 Å². The first kappa shape index (κ1) is 26.8. The summed E-state index contributed by atoms with van der Waals surface area (Å²) in [5.74, 6) is -1.22. The number of thiazole rings is 1. The van der Waals surface area contributed by atoms with Crippen LogP contribution in [0.5, 0.6) is 0 Å². The maximum atomic E-state index is 14.0. The zero-order valence-electron chi connectivity index (χ0n) is 22.6. The number of nitrogens with zero attached hydrogens (tertiary/aromatic N) is 3. The van der Waals surface area contributed by atoms with Gasteiger partial charge in [-0.3, -0.25) is 9.69 Å². The zero-order valence-corrected chi connectivity index (χ0v) is 23.4.